The third kappa shape index (κ3) is 3.98. The summed E-state index contributed by atoms with van der Waals surface area (Å²) in [5.41, 5.74) is 3.54. The lowest BCUT2D eigenvalue weighted by Crippen LogP contribution is -2.25. The van der Waals surface area contributed by atoms with E-state index in [0.29, 0.717) is 24.5 Å². The van der Waals surface area contributed by atoms with Crippen LogP contribution < -0.4 is 0 Å². The largest absolute Gasteiger partial charge is 0.377 e. The number of aromatic nitrogens is 3. The van der Waals surface area contributed by atoms with Crippen molar-refractivity contribution in [2.75, 3.05) is 26.3 Å². The molecule has 2 aromatic heterocycles. The van der Waals surface area contributed by atoms with Gasteiger partial charge in [-0.25, -0.2) is 0 Å². The van der Waals surface area contributed by atoms with Gasteiger partial charge in [0.15, 0.2) is 0 Å². The van der Waals surface area contributed by atoms with Crippen molar-refractivity contribution in [3.05, 3.63) is 47.5 Å². The van der Waals surface area contributed by atoms with Crippen molar-refractivity contribution in [3.63, 3.8) is 0 Å². The first-order valence-corrected chi connectivity index (χ1v) is 9.49. The Kier molecular flexibility index (Phi) is 5.33. The Morgan fingerprint density at radius 1 is 1.27 bits per heavy atom. The van der Waals surface area contributed by atoms with Gasteiger partial charge < -0.3 is 9.47 Å². The van der Waals surface area contributed by atoms with Gasteiger partial charge in [-0.15, -0.1) is 0 Å². The summed E-state index contributed by atoms with van der Waals surface area (Å²) in [6.45, 7) is 7.49. The maximum absolute atomic E-state index is 6.08. The molecular formula is C20H28N4O2. The Balaban J connectivity index is 1.23. The lowest BCUT2D eigenvalue weighted by molar-refractivity contribution is 0.0815. The second-order valence-electron chi connectivity index (χ2n) is 7.59. The highest BCUT2D eigenvalue weighted by Gasteiger charge is 2.43. The molecule has 3 atom stereocenters. The first-order chi connectivity index (χ1) is 12.7. The number of rotatable bonds is 7. The average Bonchev–Trinajstić information content (AvgIpc) is 3.28. The molecule has 0 radical (unpaired) electrons. The minimum atomic E-state index is 0.384. The fraction of sp³-hybridized carbons (Fsp3) is 0.600. The molecule has 6 nitrogen and oxygen atoms in total. The lowest BCUT2D eigenvalue weighted by atomic mass is 9.91. The van der Waals surface area contributed by atoms with E-state index in [1.54, 1.807) is 0 Å². The topological polar surface area (TPSA) is 52.4 Å². The Bertz CT molecular complexity index is 718. The average molecular weight is 356 g/mol. The second kappa shape index (κ2) is 7.86. The molecule has 0 unspecified atom stereocenters. The van der Waals surface area contributed by atoms with E-state index in [0.717, 1.165) is 45.0 Å². The van der Waals surface area contributed by atoms with Crippen molar-refractivity contribution >= 4 is 0 Å². The zero-order chi connectivity index (χ0) is 17.9. The summed E-state index contributed by atoms with van der Waals surface area (Å²) in [5.74, 6) is 1.24. The number of aryl methyl sites for hydroxylation is 2. The van der Waals surface area contributed by atoms with Crippen LogP contribution in [-0.2, 0) is 29.7 Å². The minimum Gasteiger partial charge on any atom is -0.377 e. The van der Waals surface area contributed by atoms with Crippen LogP contribution in [0.5, 0.6) is 0 Å². The molecule has 2 saturated heterocycles. The number of nitrogens with zero attached hydrogens (tertiary/aromatic N) is 4. The van der Waals surface area contributed by atoms with Gasteiger partial charge in [0.1, 0.15) is 0 Å². The van der Waals surface area contributed by atoms with Crippen molar-refractivity contribution in [1.29, 1.82) is 0 Å². The van der Waals surface area contributed by atoms with Gasteiger partial charge in [0.05, 0.1) is 30.7 Å². The molecule has 140 valence electrons. The first-order valence-electron chi connectivity index (χ1n) is 9.49. The highest BCUT2D eigenvalue weighted by molar-refractivity contribution is 5.09. The van der Waals surface area contributed by atoms with Crippen LogP contribution in [-0.4, -0.2) is 52.1 Å². The Labute approximate surface area is 155 Å². The van der Waals surface area contributed by atoms with Gasteiger partial charge >= 0.3 is 0 Å². The van der Waals surface area contributed by atoms with Crippen LogP contribution >= 0.6 is 0 Å². The van der Waals surface area contributed by atoms with E-state index in [1.807, 2.05) is 43.2 Å². The van der Waals surface area contributed by atoms with Gasteiger partial charge in [-0.1, -0.05) is 0 Å². The van der Waals surface area contributed by atoms with Crippen molar-refractivity contribution in [1.82, 2.24) is 19.7 Å². The van der Waals surface area contributed by atoms with E-state index in [4.69, 9.17) is 9.47 Å². The maximum Gasteiger partial charge on any atom is 0.0746 e. The summed E-state index contributed by atoms with van der Waals surface area (Å²) in [6, 6.07) is 6.19. The molecule has 4 rings (SSSR count). The third-order valence-corrected chi connectivity index (χ3v) is 5.65. The molecule has 0 amide bonds. The summed E-state index contributed by atoms with van der Waals surface area (Å²) >= 11 is 0. The summed E-state index contributed by atoms with van der Waals surface area (Å²) in [5, 5.41) is 4.45. The predicted molar refractivity (Wildman–Crippen MR) is 98.5 cm³/mol. The summed E-state index contributed by atoms with van der Waals surface area (Å²) in [7, 11) is 2.03. The monoisotopic (exact) mass is 356 g/mol. The van der Waals surface area contributed by atoms with Gasteiger partial charge in [-0.3, -0.25) is 14.6 Å². The summed E-state index contributed by atoms with van der Waals surface area (Å²) < 4.78 is 13.9. The highest BCUT2D eigenvalue weighted by Crippen LogP contribution is 2.36. The van der Waals surface area contributed by atoms with Crippen LogP contribution in [0.15, 0.2) is 30.6 Å². The zero-order valence-corrected chi connectivity index (χ0v) is 15.7. The minimum absolute atomic E-state index is 0.384. The standard InChI is InChI=1S/C20H28N4O2/c1-15-9-18(23(2)22-15)10-24-11-19-17(14-26-20(19)12-24)5-8-25-13-16-3-6-21-7-4-16/h3-4,6-7,9,17,19-20H,5,8,10-14H2,1-2H3/t17-,19-,20-/m0/s1. The normalized spacial score (nSPS) is 25.7. The number of likely N-dealkylation sites (tertiary alicyclic amines) is 1. The highest BCUT2D eigenvalue weighted by atomic mass is 16.5. The predicted octanol–water partition coefficient (Wildman–Crippen LogP) is 2.18. The van der Waals surface area contributed by atoms with Crippen molar-refractivity contribution in [2.24, 2.45) is 18.9 Å². The fourth-order valence-electron chi connectivity index (χ4n) is 4.25. The molecule has 26 heavy (non-hydrogen) atoms. The van der Waals surface area contributed by atoms with Gasteiger partial charge in [0.2, 0.25) is 0 Å². The first kappa shape index (κ1) is 17.6. The number of hydrogen-bond donors (Lipinski definition) is 0. The van der Waals surface area contributed by atoms with Crippen molar-refractivity contribution in [2.45, 2.75) is 32.6 Å². The van der Waals surface area contributed by atoms with E-state index in [-0.39, 0.29) is 0 Å². The van der Waals surface area contributed by atoms with Crippen LogP contribution in [0, 0.1) is 18.8 Å². The van der Waals surface area contributed by atoms with Gasteiger partial charge in [0.25, 0.3) is 0 Å². The van der Waals surface area contributed by atoms with E-state index in [2.05, 4.69) is 21.0 Å². The quantitative estimate of drug-likeness (QED) is 0.712. The van der Waals surface area contributed by atoms with Gasteiger partial charge in [-0.2, -0.15) is 5.10 Å². The number of ether oxygens (including phenoxy) is 2. The molecule has 2 aliphatic rings. The van der Waals surface area contributed by atoms with Crippen LogP contribution in [0.2, 0.25) is 0 Å². The molecule has 4 heterocycles. The van der Waals surface area contributed by atoms with Crippen molar-refractivity contribution in [3.8, 4) is 0 Å². The summed E-state index contributed by atoms with van der Waals surface area (Å²) in [6.07, 6.45) is 5.08. The molecule has 0 bridgehead atoms. The third-order valence-electron chi connectivity index (χ3n) is 5.65. The molecule has 0 N–H and O–H groups in total. The van der Waals surface area contributed by atoms with Crippen LogP contribution in [0.1, 0.15) is 23.4 Å². The Hall–Kier alpha value is -1.76. The van der Waals surface area contributed by atoms with E-state index in [1.165, 1.54) is 11.3 Å². The fourth-order valence-corrected chi connectivity index (χ4v) is 4.25. The molecule has 2 fully saturated rings. The van der Waals surface area contributed by atoms with Gasteiger partial charge in [-0.05, 0) is 43.0 Å². The molecule has 0 spiro atoms. The molecule has 0 saturated carbocycles. The smallest absolute Gasteiger partial charge is 0.0746 e. The van der Waals surface area contributed by atoms with E-state index < -0.39 is 0 Å². The molecule has 2 aliphatic heterocycles. The SMILES string of the molecule is Cc1cc(CN2C[C@H]3[C@@H](CCOCc4ccncc4)CO[C@H]3C2)n(C)n1. The molecular weight excluding hydrogens is 328 g/mol. The molecule has 2 aromatic rings. The number of pyridine rings is 1. The Morgan fingerprint density at radius 2 is 2.12 bits per heavy atom. The lowest BCUT2D eigenvalue weighted by Gasteiger charge is -2.19. The number of fused-ring (bicyclic) bond motifs is 1. The van der Waals surface area contributed by atoms with Crippen LogP contribution in [0.25, 0.3) is 0 Å². The van der Waals surface area contributed by atoms with Crippen LogP contribution in [0.4, 0.5) is 0 Å². The zero-order valence-electron chi connectivity index (χ0n) is 15.7. The molecule has 0 aromatic carbocycles. The summed E-state index contributed by atoms with van der Waals surface area (Å²) in [4.78, 5) is 6.54. The van der Waals surface area contributed by atoms with E-state index in [9.17, 15) is 0 Å². The molecule has 6 heteroatoms. The second-order valence-corrected chi connectivity index (χ2v) is 7.59. The van der Waals surface area contributed by atoms with Crippen LogP contribution in [0.3, 0.4) is 0 Å². The number of hydrogen-bond acceptors (Lipinski definition) is 5. The molecule has 0 aliphatic carbocycles. The Morgan fingerprint density at radius 3 is 2.88 bits per heavy atom. The maximum atomic E-state index is 6.08. The van der Waals surface area contributed by atoms with E-state index >= 15 is 0 Å². The van der Waals surface area contributed by atoms with Gasteiger partial charge in [0, 0.05) is 51.6 Å². The van der Waals surface area contributed by atoms with Crippen molar-refractivity contribution < 1.29 is 9.47 Å².